The van der Waals surface area contributed by atoms with Gasteiger partial charge >= 0.3 is 12.0 Å². The average molecular weight is 278 g/mol. The van der Waals surface area contributed by atoms with Gasteiger partial charge in [0.05, 0.1) is 0 Å². The molecule has 2 amide bonds. The zero-order chi connectivity index (χ0) is 15.5. The Morgan fingerprint density at radius 2 is 1.90 bits per heavy atom. The number of carbonyl (C=O) groups excluding carboxylic acids is 1. The molecule has 0 aromatic heterocycles. The van der Waals surface area contributed by atoms with Crippen LogP contribution in [-0.4, -0.2) is 30.2 Å². The summed E-state index contributed by atoms with van der Waals surface area (Å²) >= 11 is 0. The van der Waals surface area contributed by atoms with Gasteiger partial charge in [-0.1, -0.05) is 32.9 Å². The molecule has 0 heterocycles. The summed E-state index contributed by atoms with van der Waals surface area (Å²) in [4.78, 5) is 24.8. The lowest BCUT2D eigenvalue weighted by atomic mass is 9.87. The highest BCUT2D eigenvalue weighted by Crippen LogP contribution is 2.20. The van der Waals surface area contributed by atoms with Crippen molar-refractivity contribution in [3.05, 3.63) is 29.8 Å². The number of carboxylic acids is 1. The van der Waals surface area contributed by atoms with Crippen molar-refractivity contribution in [2.45, 2.75) is 33.7 Å². The molecule has 20 heavy (non-hydrogen) atoms. The predicted octanol–water partition coefficient (Wildman–Crippen LogP) is 2.64. The van der Waals surface area contributed by atoms with Crippen LogP contribution in [0.15, 0.2) is 24.3 Å². The maximum absolute atomic E-state index is 12.2. The third-order valence-electron chi connectivity index (χ3n) is 3.07. The summed E-state index contributed by atoms with van der Waals surface area (Å²) in [5.41, 5.74) is 1.20. The van der Waals surface area contributed by atoms with Gasteiger partial charge in [0.15, 0.2) is 0 Å². The van der Waals surface area contributed by atoms with Crippen LogP contribution >= 0.6 is 0 Å². The lowest BCUT2D eigenvalue weighted by Gasteiger charge is -2.29. The first-order chi connectivity index (χ1) is 9.12. The van der Waals surface area contributed by atoms with Gasteiger partial charge in [-0.2, -0.15) is 0 Å². The molecule has 0 fully saturated rings. The standard InChI is InChI=1S/C15H22N2O3/c1-10-7-6-8-11(9-10)17(5)14(20)16-12(13(18)19)15(2,3)4/h6-9,12H,1-5H3,(H,16,20)(H,18,19)/t12-/m0/s1. The monoisotopic (exact) mass is 278 g/mol. The van der Waals surface area contributed by atoms with Gasteiger partial charge in [-0.25, -0.2) is 9.59 Å². The van der Waals surface area contributed by atoms with E-state index in [1.165, 1.54) is 4.90 Å². The highest BCUT2D eigenvalue weighted by atomic mass is 16.4. The predicted molar refractivity (Wildman–Crippen MR) is 79.0 cm³/mol. The van der Waals surface area contributed by atoms with Gasteiger partial charge in [0.25, 0.3) is 0 Å². The molecule has 1 rings (SSSR count). The second-order valence-corrected chi connectivity index (χ2v) is 5.98. The normalized spacial score (nSPS) is 12.7. The zero-order valence-electron chi connectivity index (χ0n) is 12.6. The molecule has 1 aromatic rings. The fourth-order valence-corrected chi connectivity index (χ4v) is 1.82. The minimum atomic E-state index is -1.04. The van der Waals surface area contributed by atoms with Crippen molar-refractivity contribution in [1.29, 1.82) is 0 Å². The van der Waals surface area contributed by atoms with Crippen LogP contribution in [0.25, 0.3) is 0 Å². The van der Waals surface area contributed by atoms with Crippen LogP contribution in [0.3, 0.4) is 0 Å². The molecule has 110 valence electrons. The lowest BCUT2D eigenvalue weighted by molar-refractivity contribution is -0.141. The lowest BCUT2D eigenvalue weighted by Crippen LogP contribution is -2.52. The Labute approximate surface area is 119 Å². The molecule has 0 saturated heterocycles. The van der Waals surface area contributed by atoms with E-state index in [-0.39, 0.29) is 0 Å². The molecule has 1 atom stereocenters. The first kappa shape index (κ1) is 16.0. The average Bonchev–Trinajstić information content (AvgIpc) is 2.32. The highest BCUT2D eigenvalue weighted by Gasteiger charge is 2.33. The van der Waals surface area contributed by atoms with Crippen molar-refractivity contribution in [3.63, 3.8) is 0 Å². The highest BCUT2D eigenvalue weighted by molar-refractivity contribution is 5.94. The second-order valence-electron chi connectivity index (χ2n) is 5.98. The van der Waals surface area contributed by atoms with Crippen molar-refractivity contribution in [2.75, 3.05) is 11.9 Å². The Balaban J connectivity index is 2.87. The summed E-state index contributed by atoms with van der Waals surface area (Å²) in [5.74, 6) is -1.04. The molecule has 0 aliphatic carbocycles. The molecule has 0 aliphatic rings. The fourth-order valence-electron chi connectivity index (χ4n) is 1.82. The van der Waals surface area contributed by atoms with E-state index in [9.17, 15) is 14.7 Å². The zero-order valence-corrected chi connectivity index (χ0v) is 12.6. The molecule has 5 nitrogen and oxygen atoms in total. The van der Waals surface area contributed by atoms with Crippen LogP contribution in [0.1, 0.15) is 26.3 Å². The van der Waals surface area contributed by atoms with Crippen LogP contribution in [0.4, 0.5) is 10.5 Å². The van der Waals surface area contributed by atoms with E-state index in [0.29, 0.717) is 0 Å². The number of nitrogens with one attached hydrogen (secondary N) is 1. The molecule has 0 saturated carbocycles. The Hall–Kier alpha value is -2.04. The summed E-state index contributed by atoms with van der Waals surface area (Å²) in [6, 6.07) is 6.09. The maximum Gasteiger partial charge on any atom is 0.326 e. The Morgan fingerprint density at radius 1 is 1.30 bits per heavy atom. The van der Waals surface area contributed by atoms with E-state index in [4.69, 9.17) is 0 Å². The molecule has 2 N–H and O–H groups in total. The number of carbonyl (C=O) groups is 2. The molecular formula is C15H22N2O3. The summed E-state index contributed by atoms with van der Waals surface area (Å²) < 4.78 is 0. The number of rotatable bonds is 3. The molecule has 0 bridgehead atoms. The van der Waals surface area contributed by atoms with Crippen molar-refractivity contribution in [2.24, 2.45) is 5.41 Å². The van der Waals surface area contributed by atoms with E-state index in [1.807, 2.05) is 25.1 Å². The van der Waals surface area contributed by atoms with Crippen LogP contribution in [0.5, 0.6) is 0 Å². The van der Waals surface area contributed by atoms with E-state index in [0.717, 1.165) is 11.3 Å². The number of hydrogen-bond donors (Lipinski definition) is 2. The Bertz CT molecular complexity index is 506. The van der Waals surface area contributed by atoms with E-state index < -0.39 is 23.5 Å². The maximum atomic E-state index is 12.2. The molecule has 1 aromatic carbocycles. The minimum Gasteiger partial charge on any atom is -0.480 e. The number of carboxylic acid groups (broad SMARTS) is 1. The van der Waals surface area contributed by atoms with E-state index >= 15 is 0 Å². The molecule has 0 spiro atoms. The van der Waals surface area contributed by atoms with Gasteiger partial charge in [0, 0.05) is 12.7 Å². The number of aliphatic carboxylic acids is 1. The Kier molecular flexibility index (Phi) is 4.76. The van der Waals surface area contributed by atoms with Crippen LogP contribution in [-0.2, 0) is 4.79 Å². The summed E-state index contributed by atoms with van der Waals surface area (Å²) in [7, 11) is 1.62. The smallest absolute Gasteiger partial charge is 0.326 e. The number of urea groups is 1. The fraction of sp³-hybridized carbons (Fsp3) is 0.467. The van der Waals surface area contributed by atoms with E-state index in [1.54, 1.807) is 33.9 Å². The number of amides is 2. The first-order valence-corrected chi connectivity index (χ1v) is 6.46. The summed E-state index contributed by atoms with van der Waals surface area (Å²) in [5, 5.41) is 11.8. The largest absolute Gasteiger partial charge is 0.480 e. The minimum absolute atomic E-state index is 0.432. The topological polar surface area (TPSA) is 69.6 Å². The Morgan fingerprint density at radius 3 is 2.35 bits per heavy atom. The molecule has 0 aliphatic heterocycles. The van der Waals surface area contributed by atoms with Crippen molar-refractivity contribution in [1.82, 2.24) is 5.32 Å². The van der Waals surface area contributed by atoms with Crippen LogP contribution in [0, 0.1) is 12.3 Å². The molecular weight excluding hydrogens is 256 g/mol. The van der Waals surface area contributed by atoms with Crippen LogP contribution in [0.2, 0.25) is 0 Å². The van der Waals surface area contributed by atoms with Crippen molar-refractivity contribution >= 4 is 17.7 Å². The summed E-state index contributed by atoms with van der Waals surface area (Å²) in [6.07, 6.45) is 0. The number of benzene rings is 1. The van der Waals surface area contributed by atoms with Crippen molar-refractivity contribution in [3.8, 4) is 0 Å². The first-order valence-electron chi connectivity index (χ1n) is 6.46. The number of nitrogens with zero attached hydrogens (tertiary/aromatic N) is 1. The molecule has 0 unspecified atom stereocenters. The van der Waals surface area contributed by atoms with Gasteiger partial charge in [0.2, 0.25) is 0 Å². The number of aryl methyl sites for hydroxylation is 1. The van der Waals surface area contributed by atoms with Gasteiger partial charge in [-0.05, 0) is 30.0 Å². The van der Waals surface area contributed by atoms with Gasteiger partial charge < -0.3 is 10.4 Å². The van der Waals surface area contributed by atoms with Gasteiger partial charge in [0.1, 0.15) is 6.04 Å². The van der Waals surface area contributed by atoms with Crippen LogP contribution < -0.4 is 10.2 Å². The van der Waals surface area contributed by atoms with E-state index in [2.05, 4.69) is 5.32 Å². The SMILES string of the molecule is Cc1cccc(N(C)C(=O)N[C@@H](C(=O)O)C(C)(C)C)c1. The second kappa shape index (κ2) is 5.94. The number of anilines is 1. The van der Waals surface area contributed by atoms with Gasteiger partial charge in [-0.15, -0.1) is 0 Å². The van der Waals surface area contributed by atoms with Gasteiger partial charge in [-0.3, -0.25) is 4.90 Å². The molecule has 0 radical (unpaired) electrons. The third kappa shape index (κ3) is 3.98. The summed E-state index contributed by atoms with van der Waals surface area (Å²) in [6.45, 7) is 7.26. The quantitative estimate of drug-likeness (QED) is 0.893. The van der Waals surface area contributed by atoms with Crippen molar-refractivity contribution < 1.29 is 14.7 Å². The third-order valence-corrected chi connectivity index (χ3v) is 3.07. The number of hydrogen-bond acceptors (Lipinski definition) is 2. The molecule has 5 heteroatoms.